The van der Waals surface area contributed by atoms with Gasteiger partial charge in [-0.05, 0) is 98.5 Å². The largest absolute Gasteiger partial charge is 0.445 e. The topological polar surface area (TPSA) is 350 Å². The second-order valence-electron chi connectivity index (χ2n) is 25.9. The zero-order valence-corrected chi connectivity index (χ0v) is 57.6. The predicted octanol–water partition coefficient (Wildman–Crippen LogP) is 4.87. The summed E-state index contributed by atoms with van der Waals surface area (Å²) in [5, 5.41) is 37.6. The first-order valence-electron chi connectivity index (χ1n) is 33.0. The first-order valence-corrected chi connectivity index (χ1v) is 33.0. The Hall–Kier alpha value is -7.68. The molecule has 0 radical (unpaired) electrons. The molecule has 1 saturated heterocycles. The van der Waals surface area contributed by atoms with Crippen LogP contribution in [-0.4, -0.2) is 198 Å². The molecule has 0 aromatic heterocycles. The third-order valence-electron chi connectivity index (χ3n) is 17.8. The van der Waals surface area contributed by atoms with Crippen LogP contribution in [0.2, 0.25) is 0 Å². The molecule has 0 saturated carbocycles. The second-order valence-corrected chi connectivity index (χ2v) is 25.9. The number of primary amides is 1. The number of nitrogens with one attached hydrogen (secondary N) is 6. The van der Waals surface area contributed by atoms with E-state index in [2.05, 4.69) is 31.9 Å². The van der Waals surface area contributed by atoms with Crippen LogP contribution in [0.1, 0.15) is 151 Å². The lowest BCUT2D eigenvalue weighted by atomic mass is 9.89. The van der Waals surface area contributed by atoms with Gasteiger partial charge in [-0.1, -0.05) is 118 Å². The number of benzene rings is 2. The zero-order chi connectivity index (χ0) is 70.1. The normalized spacial score (nSPS) is 18.2. The van der Waals surface area contributed by atoms with E-state index in [4.69, 9.17) is 19.9 Å². The van der Waals surface area contributed by atoms with E-state index in [0.717, 1.165) is 0 Å². The van der Waals surface area contributed by atoms with Gasteiger partial charge in [0.1, 0.15) is 37.0 Å². The maximum atomic E-state index is 14.8. The van der Waals surface area contributed by atoms with Crippen LogP contribution in [0.15, 0.2) is 66.7 Å². The molecule has 0 spiro atoms. The summed E-state index contributed by atoms with van der Waals surface area (Å²) in [5.74, 6) is -5.49. The summed E-state index contributed by atoms with van der Waals surface area (Å²) < 4.78 is 17.8. The molecule has 2 aromatic carbocycles. The van der Waals surface area contributed by atoms with Gasteiger partial charge in [0.05, 0.1) is 48.8 Å². The van der Waals surface area contributed by atoms with Gasteiger partial charge in [-0.15, -0.1) is 0 Å². The van der Waals surface area contributed by atoms with Crippen molar-refractivity contribution in [3.8, 4) is 0 Å². The Morgan fingerprint density at radius 3 is 1.98 bits per heavy atom. The number of likely N-dealkylation sites (N-methyl/N-ethyl adjacent to an activating group) is 2. The molecule has 13 atom stereocenters. The van der Waals surface area contributed by atoms with E-state index in [-0.39, 0.29) is 74.3 Å². The number of nitrogens with zero attached hydrogens (tertiary/aromatic N) is 4. The summed E-state index contributed by atoms with van der Waals surface area (Å²) in [4.78, 5) is 141. The maximum absolute atomic E-state index is 14.8. The summed E-state index contributed by atoms with van der Waals surface area (Å²) in [6.07, 6.45) is 2.45. The molecule has 2 heterocycles. The van der Waals surface area contributed by atoms with E-state index in [1.807, 2.05) is 32.0 Å². The molecular formula is C68H107N11O15. The van der Waals surface area contributed by atoms with Gasteiger partial charge < -0.3 is 76.8 Å². The van der Waals surface area contributed by atoms with Gasteiger partial charge in [0, 0.05) is 66.1 Å². The zero-order valence-electron chi connectivity index (χ0n) is 57.6. The number of urea groups is 1. The molecule has 10 N–H and O–H groups in total. The number of carbonyl (C=O) groups excluding carboxylic acids is 10. The summed E-state index contributed by atoms with van der Waals surface area (Å²) in [6, 6.07) is 8.79. The number of aliphatic hydroxyl groups is 2. The van der Waals surface area contributed by atoms with Gasteiger partial charge in [0.2, 0.25) is 47.3 Å². The molecule has 94 heavy (non-hydrogen) atoms. The second kappa shape index (κ2) is 38.6. The number of aliphatic hydroxyl groups excluding tert-OH is 2. The van der Waals surface area contributed by atoms with Crippen molar-refractivity contribution in [1.82, 2.24) is 46.2 Å². The van der Waals surface area contributed by atoms with Gasteiger partial charge in [0.25, 0.3) is 0 Å². The fraction of sp³-hybridized carbons (Fsp3) is 0.647. The lowest BCUT2D eigenvalue weighted by Gasteiger charge is -2.41. The molecule has 26 nitrogen and oxygen atoms in total. The van der Waals surface area contributed by atoms with Crippen molar-refractivity contribution in [2.24, 2.45) is 35.3 Å². The van der Waals surface area contributed by atoms with E-state index in [1.54, 1.807) is 109 Å². The highest BCUT2D eigenvalue weighted by Crippen LogP contribution is 2.31. The number of methoxy groups -OCH3 is 2. The van der Waals surface area contributed by atoms with Crippen molar-refractivity contribution in [3.63, 3.8) is 0 Å². The quantitative estimate of drug-likeness (QED) is 0.0405. The van der Waals surface area contributed by atoms with Crippen molar-refractivity contribution in [3.05, 3.63) is 77.9 Å². The number of hydrogen-bond donors (Lipinski definition) is 9. The fourth-order valence-corrected chi connectivity index (χ4v) is 12.2. The van der Waals surface area contributed by atoms with Crippen LogP contribution in [0.4, 0.5) is 15.3 Å². The van der Waals surface area contributed by atoms with Crippen molar-refractivity contribution < 1.29 is 72.4 Å². The van der Waals surface area contributed by atoms with Crippen molar-refractivity contribution in [1.29, 1.82) is 0 Å². The molecule has 4 rings (SSSR count). The van der Waals surface area contributed by atoms with E-state index in [9.17, 15) is 58.2 Å². The Bertz CT molecular complexity index is 2840. The van der Waals surface area contributed by atoms with E-state index in [1.165, 1.54) is 43.2 Å². The molecule has 2 aliphatic heterocycles. The number of anilines is 1. The molecule has 26 heteroatoms. The standard InChI is InChI=1S/C68H107N11O15/c1-15-43(8)59(51(92-13)38-55(83)78-37-23-27-50(78)61(93-14)44(9)62(85)71-45(10)60(84)47-24-18-16-19-25-47)76(11)66(89)57(41(4)5)75-65(88)58(42(6)7)77(12)68(91)94-39-46-29-31-48(32-30-46)72-63(86)49(26-22-35-70-67(69)90)73-64(87)56(40(2)3)74-52(80)28-20-17-21-36-79-53(81)33-34-54(79)82/h16,18-19,24-25,29-34,40-45,49-51,53,56-61,81,84H,15,17,20-23,26-28,35-39H2,1-14H3,(H,71,85)(H,72,86)(H,73,87)(H,74,80)(H,75,88)(H3,69,70,90)/t43-,44+,45+,49-,50-,51+,53?,56+,57-,58-,59-,60+,61+/m0/s1. The summed E-state index contributed by atoms with van der Waals surface area (Å²) in [6.45, 7) is 18.7. The number of ether oxygens (including phenoxy) is 3. The third-order valence-corrected chi connectivity index (χ3v) is 17.8. The van der Waals surface area contributed by atoms with Crippen LogP contribution >= 0.6 is 0 Å². The number of nitrogens with two attached hydrogens (primary N) is 1. The molecule has 0 bridgehead atoms. The van der Waals surface area contributed by atoms with Crippen LogP contribution < -0.4 is 37.6 Å². The van der Waals surface area contributed by atoms with Gasteiger partial charge >= 0.3 is 12.1 Å². The lowest BCUT2D eigenvalue weighted by Crippen LogP contribution is -2.60. The molecule has 1 unspecified atom stereocenters. The van der Waals surface area contributed by atoms with Crippen LogP contribution in [0.3, 0.4) is 0 Å². The van der Waals surface area contributed by atoms with Crippen LogP contribution in [0.5, 0.6) is 0 Å². The van der Waals surface area contributed by atoms with Crippen molar-refractivity contribution >= 4 is 65.1 Å². The Balaban J connectivity index is 1.37. The van der Waals surface area contributed by atoms with Crippen LogP contribution in [0, 0.1) is 29.6 Å². The SMILES string of the molecule is CC[C@H](C)[C@@H]([C@@H](CC(=O)N1CCC[C@H]1[C@H](OC)[C@@H](C)C(=O)N[C@H](C)[C@@H](O)c1ccccc1)OC)N(C)C(=O)[C@@H](NC(=O)[C@H](C(C)C)N(C)C(=O)OCc1ccc(NC(=O)[C@H](CCCNC(N)=O)NC(=O)[C@H](NC(=O)CCCCCN2C(=O)C=CC2O)C(C)C)cc1)C(C)C. The summed E-state index contributed by atoms with van der Waals surface area (Å²) in [7, 11) is 6.08. The number of likely N-dealkylation sites (tertiary alicyclic amines) is 1. The fourth-order valence-electron chi connectivity index (χ4n) is 12.2. The number of carbonyl (C=O) groups is 10. The Morgan fingerprint density at radius 1 is 0.745 bits per heavy atom. The van der Waals surface area contributed by atoms with Gasteiger partial charge in [-0.3, -0.25) is 43.3 Å². The highest BCUT2D eigenvalue weighted by Gasteiger charge is 2.44. The molecular weight excluding hydrogens is 1210 g/mol. The van der Waals surface area contributed by atoms with Crippen LogP contribution in [0.25, 0.3) is 0 Å². The number of hydrogen-bond acceptors (Lipinski definition) is 15. The minimum atomic E-state index is -1.11. The number of amides is 11. The molecule has 524 valence electrons. The minimum absolute atomic E-state index is 0.0902. The Labute approximate surface area is 554 Å². The summed E-state index contributed by atoms with van der Waals surface area (Å²) in [5.41, 5.74) is 6.78. The predicted molar refractivity (Wildman–Crippen MR) is 354 cm³/mol. The van der Waals surface area contributed by atoms with E-state index < -0.39 is 120 Å². The van der Waals surface area contributed by atoms with Gasteiger partial charge in [0.15, 0.2) is 0 Å². The first kappa shape index (κ1) is 78.8. The average molecular weight is 1320 g/mol. The van der Waals surface area contributed by atoms with Crippen molar-refractivity contribution in [2.45, 2.75) is 207 Å². The average Bonchev–Trinajstić information content (AvgIpc) is 1.33. The van der Waals surface area contributed by atoms with Crippen LogP contribution in [-0.2, 0) is 59.2 Å². The third kappa shape index (κ3) is 23.1. The molecule has 1 fully saturated rings. The first-order chi connectivity index (χ1) is 44.5. The highest BCUT2D eigenvalue weighted by molar-refractivity contribution is 5.98. The molecule has 11 amide bonds. The number of rotatable bonds is 38. The monoisotopic (exact) mass is 1320 g/mol. The molecule has 0 aliphatic carbocycles. The minimum Gasteiger partial charge on any atom is -0.445 e. The van der Waals surface area contributed by atoms with Gasteiger partial charge in [-0.2, -0.15) is 0 Å². The van der Waals surface area contributed by atoms with E-state index in [0.29, 0.717) is 68.4 Å². The molecule has 2 aliphatic rings. The van der Waals surface area contributed by atoms with Gasteiger partial charge in [-0.25, -0.2) is 9.59 Å². The summed E-state index contributed by atoms with van der Waals surface area (Å²) >= 11 is 0. The maximum Gasteiger partial charge on any atom is 0.410 e. The Kier molecular flexibility index (Phi) is 32.4. The van der Waals surface area contributed by atoms with E-state index >= 15 is 0 Å². The lowest BCUT2D eigenvalue weighted by molar-refractivity contribution is -0.148. The smallest absolute Gasteiger partial charge is 0.410 e. The molecule has 2 aromatic rings. The highest BCUT2D eigenvalue weighted by atomic mass is 16.6. The Morgan fingerprint density at radius 2 is 1.40 bits per heavy atom. The number of unbranched alkanes of at least 4 members (excludes halogenated alkanes) is 2. The van der Waals surface area contributed by atoms with Crippen molar-refractivity contribution in [2.75, 3.05) is 53.3 Å².